The minimum absolute atomic E-state index is 0.563. The van der Waals surface area contributed by atoms with E-state index in [4.69, 9.17) is 4.74 Å². The van der Waals surface area contributed by atoms with Gasteiger partial charge in [0, 0.05) is 6.54 Å². The lowest BCUT2D eigenvalue weighted by Crippen LogP contribution is -2.18. The predicted molar refractivity (Wildman–Crippen MR) is 73.7 cm³/mol. The van der Waals surface area contributed by atoms with Crippen molar-refractivity contribution < 1.29 is 4.74 Å². The number of rotatable bonds is 7. The van der Waals surface area contributed by atoms with Gasteiger partial charge in [-0.3, -0.25) is 0 Å². The summed E-state index contributed by atoms with van der Waals surface area (Å²) in [6.45, 7) is 12.8. The summed E-state index contributed by atoms with van der Waals surface area (Å²) in [5, 5.41) is 3.23. The van der Waals surface area contributed by atoms with Crippen molar-refractivity contribution in [1.29, 1.82) is 0 Å². The van der Waals surface area contributed by atoms with Gasteiger partial charge in [0.2, 0.25) is 0 Å². The molecular formula is C15H23NO. The molecule has 0 bridgehead atoms. The molecule has 0 aliphatic carbocycles. The molecule has 0 aliphatic heterocycles. The average Bonchev–Trinajstić information content (AvgIpc) is 2.34. The molecule has 0 atom stereocenters. The van der Waals surface area contributed by atoms with Crippen LogP contribution in [0.3, 0.4) is 0 Å². The molecule has 0 spiro atoms. The van der Waals surface area contributed by atoms with E-state index in [2.05, 4.69) is 44.8 Å². The third-order valence-electron chi connectivity index (χ3n) is 2.61. The molecule has 2 heteroatoms. The highest BCUT2D eigenvalue weighted by atomic mass is 16.5. The van der Waals surface area contributed by atoms with Crippen LogP contribution in [0.15, 0.2) is 36.4 Å². The van der Waals surface area contributed by atoms with Gasteiger partial charge in [-0.25, -0.2) is 0 Å². The summed E-state index contributed by atoms with van der Waals surface area (Å²) in [7, 11) is 0. The van der Waals surface area contributed by atoms with E-state index in [1.54, 1.807) is 0 Å². The van der Waals surface area contributed by atoms with E-state index in [1.165, 1.54) is 5.56 Å². The standard InChI is InChI=1S/C15H23NO/c1-5-16-10-13(4)11-17-15-8-6-14(7-9-15)12(2)3/h6-9,12,16H,4-5,10-11H2,1-3H3. The first-order valence-corrected chi connectivity index (χ1v) is 6.23. The van der Waals surface area contributed by atoms with E-state index in [9.17, 15) is 0 Å². The molecule has 1 N–H and O–H groups in total. The molecular weight excluding hydrogens is 210 g/mol. The first-order valence-electron chi connectivity index (χ1n) is 6.23. The van der Waals surface area contributed by atoms with Crippen LogP contribution in [0.4, 0.5) is 0 Å². The predicted octanol–water partition coefficient (Wildman–Crippen LogP) is 3.35. The molecule has 17 heavy (non-hydrogen) atoms. The third-order valence-corrected chi connectivity index (χ3v) is 2.61. The largest absolute Gasteiger partial charge is 0.489 e. The van der Waals surface area contributed by atoms with E-state index < -0.39 is 0 Å². The molecule has 0 aromatic heterocycles. The molecule has 0 amide bonds. The highest BCUT2D eigenvalue weighted by Gasteiger charge is 2.00. The Hall–Kier alpha value is -1.28. The maximum atomic E-state index is 5.66. The second kappa shape index (κ2) is 7.13. The van der Waals surface area contributed by atoms with Crippen LogP contribution >= 0.6 is 0 Å². The normalized spacial score (nSPS) is 10.6. The maximum absolute atomic E-state index is 5.66. The molecule has 0 saturated heterocycles. The Morgan fingerprint density at radius 2 is 1.94 bits per heavy atom. The molecule has 1 aromatic rings. The fourth-order valence-electron chi connectivity index (χ4n) is 1.49. The number of nitrogens with one attached hydrogen (secondary N) is 1. The van der Waals surface area contributed by atoms with Crippen molar-refractivity contribution in [3.8, 4) is 5.75 Å². The summed E-state index contributed by atoms with van der Waals surface area (Å²) in [6, 6.07) is 8.28. The first-order chi connectivity index (χ1) is 8.13. The van der Waals surface area contributed by atoms with E-state index >= 15 is 0 Å². The van der Waals surface area contributed by atoms with Crippen molar-refractivity contribution in [2.75, 3.05) is 19.7 Å². The first kappa shape index (κ1) is 13.8. The fraction of sp³-hybridized carbons (Fsp3) is 0.467. The molecule has 0 fully saturated rings. The van der Waals surface area contributed by atoms with Gasteiger partial charge in [-0.15, -0.1) is 0 Å². The molecule has 0 aliphatic rings. The van der Waals surface area contributed by atoms with Gasteiger partial charge in [0.15, 0.2) is 0 Å². The molecule has 0 saturated carbocycles. The summed E-state index contributed by atoms with van der Waals surface area (Å²) in [4.78, 5) is 0. The van der Waals surface area contributed by atoms with Gasteiger partial charge in [0.1, 0.15) is 12.4 Å². The van der Waals surface area contributed by atoms with E-state index in [-0.39, 0.29) is 0 Å². The molecule has 94 valence electrons. The van der Waals surface area contributed by atoms with Gasteiger partial charge in [-0.2, -0.15) is 0 Å². The number of benzene rings is 1. The molecule has 2 nitrogen and oxygen atoms in total. The van der Waals surface area contributed by atoms with Crippen LogP contribution in [0.5, 0.6) is 5.75 Å². The second-order valence-electron chi connectivity index (χ2n) is 4.54. The summed E-state index contributed by atoms with van der Waals surface area (Å²) in [5.74, 6) is 1.47. The van der Waals surface area contributed by atoms with Crippen LogP contribution in [-0.2, 0) is 0 Å². The Labute approximate surface area is 105 Å². The SMILES string of the molecule is C=C(CNCC)COc1ccc(C(C)C)cc1. The highest BCUT2D eigenvalue weighted by molar-refractivity contribution is 5.29. The zero-order valence-corrected chi connectivity index (χ0v) is 11.1. The Bertz CT molecular complexity index is 340. The topological polar surface area (TPSA) is 21.3 Å². The van der Waals surface area contributed by atoms with Crippen LogP contribution in [0.2, 0.25) is 0 Å². The number of ether oxygens (including phenoxy) is 1. The van der Waals surface area contributed by atoms with E-state index in [0.29, 0.717) is 12.5 Å². The minimum atomic E-state index is 0.563. The molecule has 1 aromatic carbocycles. The highest BCUT2D eigenvalue weighted by Crippen LogP contribution is 2.18. The van der Waals surface area contributed by atoms with Gasteiger partial charge in [-0.1, -0.05) is 39.5 Å². The quantitative estimate of drug-likeness (QED) is 0.729. The van der Waals surface area contributed by atoms with Gasteiger partial charge in [0.25, 0.3) is 0 Å². The van der Waals surface area contributed by atoms with Crippen LogP contribution in [-0.4, -0.2) is 19.7 Å². The molecule has 0 radical (unpaired) electrons. The fourth-order valence-corrected chi connectivity index (χ4v) is 1.49. The van der Waals surface area contributed by atoms with Crippen LogP contribution < -0.4 is 10.1 Å². The van der Waals surface area contributed by atoms with Crippen molar-refractivity contribution >= 4 is 0 Å². The van der Waals surface area contributed by atoms with Crippen molar-refractivity contribution in [3.05, 3.63) is 42.0 Å². The number of hydrogen-bond acceptors (Lipinski definition) is 2. The van der Waals surface area contributed by atoms with Crippen molar-refractivity contribution in [2.45, 2.75) is 26.7 Å². The molecule has 1 rings (SSSR count). The third kappa shape index (κ3) is 5.05. The van der Waals surface area contributed by atoms with Crippen LogP contribution in [0.1, 0.15) is 32.3 Å². The van der Waals surface area contributed by atoms with E-state index in [1.807, 2.05) is 12.1 Å². The zero-order valence-electron chi connectivity index (χ0n) is 11.1. The van der Waals surface area contributed by atoms with Gasteiger partial charge in [-0.05, 0) is 35.7 Å². The smallest absolute Gasteiger partial charge is 0.119 e. The van der Waals surface area contributed by atoms with Gasteiger partial charge in [0.05, 0.1) is 0 Å². The van der Waals surface area contributed by atoms with Crippen molar-refractivity contribution in [3.63, 3.8) is 0 Å². The minimum Gasteiger partial charge on any atom is -0.489 e. The lowest BCUT2D eigenvalue weighted by Gasteiger charge is -2.10. The van der Waals surface area contributed by atoms with Crippen molar-refractivity contribution in [2.24, 2.45) is 0 Å². The summed E-state index contributed by atoms with van der Waals surface area (Å²) < 4.78 is 5.66. The van der Waals surface area contributed by atoms with Crippen LogP contribution in [0, 0.1) is 0 Å². The molecule has 0 heterocycles. The van der Waals surface area contributed by atoms with Crippen LogP contribution in [0.25, 0.3) is 0 Å². The average molecular weight is 233 g/mol. The van der Waals surface area contributed by atoms with Gasteiger partial charge >= 0.3 is 0 Å². The summed E-state index contributed by atoms with van der Waals surface area (Å²) >= 11 is 0. The van der Waals surface area contributed by atoms with E-state index in [0.717, 1.165) is 24.4 Å². The second-order valence-corrected chi connectivity index (χ2v) is 4.54. The Kier molecular flexibility index (Phi) is 5.78. The Balaban J connectivity index is 2.39. The molecule has 0 unspecified atom stereocenters. The zero-order chi connectivity index (χ0) is 12.7. The summed E-state index contributed by atoms with van der Waals surface area (Å²) in [6.07, 6.45) is 0. The Morgan fingerprint density at radius 1 is 1.29 bits per heavy atom. The number of hydrogen-bond donors (Lipinski definition) is 1. The van der Waals surface area contributed by atoms with Crippen molar-refractivity contribution in [1.82, 2.24) is 5.32 Å². The monoisotopic (exact) mass is 233 g/mol. The maximum Gasteiger partial charge on any atom is 0.119 e. The van der Waals surface area contributed by atoms with Gasteiger partial charge < -0.3 is 10.1 Å². The lowest BCUT2D eigenvalue weighted by molar-refractivity contribution is 0.348. The Morgan fingerprint density at radius 3 is 2.47 bits per heavy atom. The summed E-state index contributed by atoms with van der Waals surface area (Å²) in [5.41, 5.74) is 2.41. The lowest BCUT2D eigenvalue weighted by atomic mass is 10.0. The number of likely N-dealkylation sites (N-methyl/N-ethyl adjacent to an activating group) is 1.